The summed E-state index contributed by atoms with van der Waals surface area (Å²) in [4.78, 5) is 23.0. The molecule has 1 amide bonds. The minimum atomic E-state index is -0.998. The van der Waals surface area contributed by atoms with Gasteiger partial charge in [0.15, 0.2) is 0 Å². The van der Waals surface area contributed by atoms with Crippen molar-refractivity contribution in [3.8, 4) is 0 Å². The van der Waals surface area contributed by atoms with Crippen molar-refractivity contribution < 1.29 is 19.1 Å². The molecule has 0 spiro atoms. The van der Waals surface area contributed by atoms with E-state index in [2.05, 4.69) is 10.4 Å². The molecule has 0 bridgehead atoms. The van der Waals surface area contributed by atoms with E-state index in [4.69, 9.17) is 9.52 Å². The topological polar surface area (TPSA) is 97.4 Å². The van der Waals surface area contributed by atoms with Crippen LogP contribution in [0.15, 0.2) is 35.2 Å². The van der Waals surface area contributed by atoms with E-state index in [0.29, 0.717) is 5.56 Å². The molecular weight excluding hydrogens is 286 g/mol. The predicted molar refractivity (Wildman–Crippen MR) is 78.5 cm³/mol. The van der Waals surface area contributed by atoms with Gasteiger partial charge < -0.3 is 14.8 Å². The largest absolute Gasteiger partial charge is 0.480 e. The SMILES string of the molecule is CC(CCc1ccco1)NC(=O)c1cnn(C(C)C(=O)O)c1. The highest BCUT2D eigenvalue weighted by atomic mass is 16.4. The minimum absolute atomic E-state index is 0.0298. The summed E-state index contributed by atoms with van der Waals surface area (Å²) in [6.45, 7) is 3.41. The smallest absolute Gasteiger partial charge is 0.328 e. The molecule has 2 rings (SSSR count). The van der Waals surface area contributed by atoms with Crippen LogP contribution in [0.1, 0.15) is 42.4 Å². The number of carboxylic acids is 1. The lowest BCUT2D eigenvalue weighted by atomic mass is 10.1. The summed E-state index contributed by atoms with van der Waals surface area (Å²) in [7, 11) is 0. The third-order valence-electron chi connectivity index (χ3n) is 3.40. The minimum Gasteiger partial charge on any atom is -0.480 e. The van der Waals surface area contributed by atoms with Crippen LogP contribution in [-0.4, -0.2) is 32.8 Å². The highest BCUT2D eigenvalue weighted by Crippen LogP contribution is 2.09. The van der Waals surface area contributed by atoms with Crippen LogP contribution in [-0.2, 0) is 11.2 Å². The number of amides is 1. The number of furan rings is 1. The number of nitrogens with one attached hydrogen (secondary N) is 1. The lowest BCUT2D eigenvalue weighted by molar-refractivity contribution is -0.140. The predicted octanol–water partition coefficient (Wildman–Crippen LogP) is 1.87. The average Bonchev–Trinajstić information content (AvgIpc) is 3.15. The lowest BCUT2D eigenvalue weighted by Gasteiger charge is -2.12. The van der Waals surface area contributed by atoms with Gasteiger partial charge in [-0.3, -0.25) is 9.48 Å². The van der Waals surface area contributed by atoms with E-state index in [-0.39, 0.29) is 11.9 Å². The highest BCUT2D eigenvalue weighted by Gasteiger charge is 2.17. The van der Waals surface area contributed by atoms with Crippen LogP contribution >= 0.6 is 0 Å². The Morgan fingerprint density at radius 3 is 2.86 bits per heavy atom. The third-order valence-corrected chi connectivity index (χ3v) is 3.40. The van der Waals surface area contributed by atoms with E-state index in [9.17, 15) is 9.59 Å². The summed E-state index contributed by atoms with van der Waals surface area (Å²) < 4.78 is 6.50. The maximum absolute atomic E-state index is 12.1. The van der Waals surface area contributed by atoms with Gasteiger partial charge in [-0.15, -0.1) is 0 Å². The average molecular weight is 305 g/mol. The van der Waals surface area contributed by atoms with Crippen molar-refractivity contribution in [2.24, 2.45) is 0 Å². The molecule has 0 aliphatic heterocycles. The number of aromatic nitrogens is 2. The van der Waals surface area contributed by atoms with E-state index in [0.717, 1.165) is 18.6 Å². The van der Waals surface area contributed by atoms with Crippen LogP contribution in [0, 0.1) is 0 Å². The van der Waals surface area contributed by atoms with Crippen LogP contribution < -0.4 is 5.32 Å². The number of aryl methyl sites for hydroxylation is 1. The summed E-state index contributed by atoms with van der Waals surface area (Å²) in [5, 5.41) is 15.7. The Labute approximate surface area is 127 Å². The van der Waals surface area contributed by atoms with E-state index < -0.39 is 12.0 Å². The van der Waals surface area contributed by atoms with Gasteiger partial charge >= 0.3 is 5.97 Å². The Bertz CT molecular complexity index is 633. The fourth-order valence-electron chi connectivity index (χ4n) is 1.97. The van der Waals surface area contributed by atoms with E-state index in [1.54, 1.807) is 6.26 Å². The zero-order chi connectivity index (χ0) is 16.1. The molecule has 118 valence electrons. The van der Waals surface area contributed by atoms with Crippen LogP contribution in [0.5, 0.6) is 0 Å². The van der Waals surface area contributed by atoms with Gasteiger partial charge in [-0.05, 0) is 32.4 Å². The van der Waals surface area contributed by atoms with Gasteiger partial charge in [0.1, 0.15) is 11.8 Å². The number of hydrogen-bond donors (Lipinski definition) is 2. The maximum Gasteiger partial charge on any atom is 0.328 e. The quantitative estimate of drug-likeness (QED) is 0.814. The molecule has 7 nitrogen and oxygen atoms in total. The molecule has 0 aromatic carbocycles. The second-order valence-electron chi connectivity index (χ2n) is 5.22. The van der Waals surface area contributed by atoms with Gasteiger partial charge in [0.2, 0.25) is 0 Å². The summed E-state index contributed by atoms with van der Waals surface area (Å²) in [6, 6.07) is 2.89. The summed E-state index contributed by atoms with van der Waals surface area (Å²) in [5.41, 5.74) is 0.345. The maximum atomic E-state index is 12.1. The molecule has 0 saturated heterocycles. The van der Waals surface area contributed by atoms with Crippen molar-refractivity contribution in [3.63, 3.8) is 0 Å². The Balaban J connectivity index is 1.87. The number of carbonyl (C=O) groups is 2. The van der Waals surface area contributed by atoms with Crippen molar-refractivity contribution in [2.75, 3.05) is 0 Å². The van der Waals surface area contributed by atoms with Crippen LogP contribution in [0.3, 0.4) is 0 Å². The van der Waals surface area contributed by atoms with Crippen molar-refractivity contribution in [2.45, 2.75) is 38.8 Å². The van der Waals surface area contributed by atoms with Crippen LogP contribution in [0.4, 0.5) is 0 Å². The molecular formula is C15H19N3O4. The molecule has 2 N–H and O–H groups in total. The van der Waals surface area contributed by atoms with Crippen molar-refractivity contribution >= 4 is 11.9 Å². The summed E-state index contributed by atoms with van der Waals surface area (Å²) in [6.07, 6.45) is 5.92. The number of aliphatic carboxylic acids is 1. The normalized spacial score (nSPS) is 13.5. The first-order valence-corrected chi connectivity index (χ1v) is 7.07. The fraction of sp³-hybridized carbons (Fsp3) is 0.400. The van der Waals surface area contributed by atoms with Gasteiger partial charge in [-0.25, -0.2) is 4.79 Å². The van der Waals surface area contributed by atoms with Crippen LogP contribution in [0.2, 0.25) is 0 Å². The molecule has 2 unspecified atom stereocenters. The molecule has 2 heterocycles. The highest BCUT2D eigenvalue weighted by molar-refractivity contribution is 5.93. The zero-order valence-corrected chi connectivity index (χ0v) is 12.5. The second kappa shape index (κ2) is 6.93. The standard InChI is InChI=1S/C15H19N3O4/c1-10(5-6-13-4-3-7-22-13)17-14(19)12-8-16-18(9-12)11(2)15(20)21/h3-4,7-11H,5-6H2,1-2H3,(H,17,19)(H,20,21). The van der Waals surface area contributed by atoms with Gasteiger partial charge in [0.25, 0.3) is 5.91 Å². The molecule has 0 aliphatic rings. The van der Waals surface area contributed by atoms with E-state index >= 15 is 0 Å². The summed E-state index contributed by atoms with van der Waals surface area (Å²) in [5.74, 6) is -0.387. The molecule has 0 aliphatic carbocycles. The van der Waals surface area contributed by atoms with Gasteiger partial charge in [-0.2, -0.15) is 5.10 Å². The summed E-state index contributed by atoms with van der Waals surface area (Å²) >= 11 is 0. The number of nitrogens with zero attached hydrogens (tertiary/aromatic N) is 2. The molecule has 22 heavy (non-hydrogen) atoms. The van der Waals surface area contributed by atoms with Gasteiger partial charge in [0, 0.05) is 18.7 Å². The first-order chi connectivity index (χ1) is 10.5. The lowest BCUT2D eigenvalue weighted by Crippen LogP contribution is -2.32. The monoisotopic (exact) mass is 305 g/mol. The van der Waals surface area contributed by atoms with Gasteiger partial charge in [-0.1, -0.05) is 0 Å². The number of hydrogen-bond acceptors (Lipinski definition) is 4. The molecule has 0 radical (unpaired) electrons. The second-order valence-corrected chi connectivity index (χ2v) is 5.22. The Hall–Kier alpha value is -2.57. The molecule has 2 aromatic heterocycles. The first kappa shape index (κ1) is 15.8. The molecule has 2 aromatic rings. The van der Waals surface area contributed by atoms with E-state index in [1.165, 1.54) is 24.0 Å². The number of rotatable bonds is 7. The third kappa shape index (κ3) is 3.97. The van der Waals surface area contributed by atoms with Crippen molar-refractivity contribution in [1.82, 2.24) is 15.1 Å². The molecule has 7 heteroatoms. The fourth-order valence-corrected chi connectivity index (χ4v) is 1.97. The Kier molecular flexibility index (Phi) is 4.98. The Morgan fingerprint density at radius 1 is 1.45 bits per heavy atom. The zero-order valence-electron chi connectivity index (χ0n) is 12.5. The Morgan fingerprint density at radius 2 is 2.23 bits per heavy atom. The van der Waals surface area contributed by atoms with Crippen molar-refractivity contribution in [1.29, 1.82) is 0 Å². The van der Waals surface area contributed by atoms with Crippen LogP contribution in [0.25, 0.3) is 0 Å². The van der Waals surface area contributed by atoms with Crippen molar-refractivity contribution in [3.05, 3.63) is 42.1 Å². The number of carboxylic acid groups (broad SMARTS) is 1. The molecule has 0 saturated carbocycles. The molecule has 0 fully saturated rings. The van der Waals surface area contributed by atoms with Gasteiger partial charge in [0.05, 0.1) is 18.0 Å². The first-order valence-electron chi connectivity index (χ1n) is 7.07. The number of carbonyl (C=O) groups excluding carboxylic acids is 1. The van der Waals surface area contributed by atoms with E-state index in [1.807, 2.05) is 19.1 Å². The molecule has 2 atom stereocenters.